The zero-order chi connectivity index (χ0) is 14.1. The van der Waals surface area contributed by atoms with E-state index in [1.54, 1.807) is 0 Å². The topological polar surface area (TPSA) is 3.24 Å². The van der Waals surface area contributed by atoms with Crippen molar-refractivity contribution in [3.63, 3.8) is 0 Å². The second kappa shape index (κ2) is 7.99. The van der Waals surface area contributed by atoms with Crippen LogP contribution in [0.15, 0.2) is 43.0 Å². The lowest BCUT2D eigenvalue weighted by atomic mass is 10.2. The molecule has 0 bridgehead atoms. The van der Waals surface area contributed by atoms with Crippen LogP contribution in [-0.2, 0) is 6.54 Å². The molecule has 0 unspecified atom stereocenters. The van der Waals surface area contributed by atoms with Crippen LogP contribution in [0.4, 0.5) is 0 Å². The van der Waals surface area contributed by atoms with E-state index < -0.39 is 8.07 Å². The van der Waals surface area contributed by atoms with Gasteiger partial charge in [0.05, 0.1) is 6.54 Å². The minimum Gasteiger partial charge on any atom is -0.288 e. The second-order valence-electron chi connectivity index (χ2n) is 5.83. The molecule has 0 N–H and O–H groups in total. The van der Waals surface area contributed by atoms with Crippen LogP contribution in [0.3, 0.4) is 0 Å². The predicted molar refractivity (Wildman–Crippen MR) is 87.7 cm³/mol. The molecule has 19 heavy (non-hydrogen) atoms. The normalized spacial score (nSPS) is 10.9. The molecule has 0 aromatic heterocycles. The van der Waals surface area contributed by atoms with Gasteiger partial charge in [-0.05, 0) is 12.0 Å². The van der Waals surface area contributed by atoms with Gasteiger partial charge in [-0.1, -0.05) is 62.0 Å². The summed E-state index contributed by atoms with van der Waals surface area (Å²) in [7, 11) is -1.26. The molecule has 1 aromatic rings. The number of nitrogens with zero attached hydrogens (tertiary/aromatic N) is 1. The molecule has 0 spiro atoms. The van der Waals surface area contributed by atoms with Gasteiger partial charge in [0.2, 0.25) is 0 Å². The fraction of sp³-hybridized carbons (Fsp3) is 0.412. The van der Waals surface area contributed by atoms with Gasteiger partial charge >= 0.3 is 0 Å². The summed E-state index contributed by atoms with van der Waals surface area (Å²) in [6.07, 6.45) is 2.99. The molecule has 1 nitrogen and oxygen atoms in total. The highest BCUT2D eigenvalue weighted by molar-refractivity contribution is 6.83. The molecule has 1 rings (SSSR count). The van der Waals surface area contributed by atoms with Crippen molar-refractivity contribution in [3.05, 3.63) is 48.6 Å². The smallest absolute Gasteiger partial charge is 0.129 e. The van der Waals surface area contributed by atoms with E-state index in [4.69, 9.17) is 0 Å². The lowest BCUT2D eigenvalue weighted by Gasteiger charge is -2.19. The van der Waals surface area contributed by atoms with Gasteiger partial charge in [-0.2, -0.15) is 0 Å². The number of benzene rings is 1. The average molecular weight is 271 g/mol. The van der Waals surface area contributed by atoms with Gasteiger partial charge in [0.25, 0.3) is 0 Å². The molecule has 0 aliphatic carbocycles. The van der Waals surface area contributed by atoms with Crippen molar-refractivity contribution < 1.29 is 0 Å². The van der Waals surface area contributed by atoms with E-state index in [-0.39, 0.29) is 0 Å². The van der Waals surface area contributed by atoms with E-state index in [0.717, 1.165) is 26.1 Å². The zero-order valence-corrected chi connectivity index (χ0v) is 13.4. The Morgan fingerprint density at radius 3 is 2.47 bits per heavy atom. The summed E-state index contributed by atoms with van der Waals surface area (Å²) in [6.45, 7) is 13.5. The monoisotopic (exact) mass is 271 g/mol. The van der Waals surface area contributed by atoms with Crippen molar-refractivity contribution in [2.24, 2.45) is 0 Å². The third kappa shape index (κ3) is 7.66. The Bertz CT molecular complexity index is 434. The summed E-state index contributed by atoms with van der Waals surface area (Å²) in [5.41, 5.74) is 4.78. The minimum absolute atomic E-state index is 0.854. The molecule has 0 heterocycles. The molecule has 0 saturated carbocycles. The highest BCUT2D eigenvalue weighted by atomic mass is 28.3. The first-order valence-electron chi connectivity index (χ1n) is 6.88. The summed E-state index contributed by atoms with van der Waals surface area (Å²) in [5, 5.41) is 0. The summed E-state index contributed by atoms with van der Waals surface area (Å²) in [6, 6.07) is 10.6. The predicted octanol–water partition coefficient (Wildman–Crippen LogP) is 3.95. The minimum atomic E-state index is -1.26. The van der Waals surface area contributed by atoms with Gasteiger partial charge in [-0.3, -0.25) is 4.90 Å². The Morgan fingerprint density at radius 2 is 1.89 bits per heavy atom. The first-order valence-corrected chi connectivity index (χ1v) is 10.4. The maximum Gasteiger partial charge on any atom is 0.129 e. The number of hydrogen-bond acceptors (Lipinski definition) is 1. The van der Waals surface area contributed by atoms with Gasteiger partial charge in [-0.15, -0.1) is 12.1 Å². The SMILES string of the molecule is C=CCCN(CC#C[Si](C)(C)C)Cc1ccccc1. The largest absolute Gasteiger partial charge is 0.288 e. The van der Waals surface area contributed by atoms with E-state index in [1.165, 1.54) is 5.56 Å². The van der Waals surface area contributed by atoms with Crippen molar-refractivity contribution in [1.29, 1.82) is 0 Å². The first-order chi connectivity index (χ1) is 9.01. The molecule has 0 aliphatic rings. The standard InChI is InChI=1S/C17H25NSi/c1-5-6-13-18(14-10-15-19(2,3)4)16-17-11-8-7-9-12-17/h5,7-9,11-12H,1,6,13-14,16H2,2-4H3. The fourth-order valence-electron chi connectivity index (χ4n) is 1.75. The maximum absolute atomic E-state index is 3.80. The molecule has 0 amide bonds. The van der Waals surface area contributed by atoms with Crippen molar-refractivity contribution >= 4 is 8.07 Å². The van der Waals surface area contributed by atoms with Gasteiger partial charge in [-0.25, -0.2) is 0 Å². The summed E-state index contributed by atoms with van der Waals surface area (Å²) in [5.74, 6) is 3.36. The van der Waals surface area contributed by atoms with Crippen LogP contribution in [0.25, 0.3) is 0 Å². The lowest BCUT2D eigenvalue weighted by Crippen LogP contribution is -2.25. The van der Waals surface area contributed by atoms with Crippen LogP contribution in [-0.4, -0.2) is 26.1 Å². The molecule has 1 aromatic carbocycles. The number of hydrogen-bond donors (Lipinski definition) is 0. The van der Waals surface area contributed by atoms with Crippen LogP contribution in [0, 0.1) is 11.5 Å². The van der Waals surface area contributed by atoms with Crippen molar-refractivity contribution in [2.75, 3.05) is 13.1 Å². The highest BCUT2D eigenvalue weighted by Gasteiger charge is 2.08. The third-order valence-electron chi connectivity index (χ3n) is 2.66. The molecule has 0 atom stereocenters. The van der Waals surface area contributed by atoms with Gasteiger partial charge in [0.1, 0.15) is 8.07 Å². The molecule has 0 saturated heterocycles. The fourth-order valence-corrected chi connectivity index (χ4v) is 2.36. The Morgan fingerprint density at radius 1 is 1.21 bits per heavy atom. The van der Waals surface area contributed by atoms with Gasteiger partial charge in [0.15, 0.2) is 0 Å². The molecule has 102 valence electrons. The number of rotatable bonds is 6. The molecular weight excluding hydrogens is 246 g/mol. The van der Waals surface area contributed by atoms with E-state index in [9.17, 15) is 0 Å². The van der Waals surface area contributed by atoms with E-state index in [0.29, 0.717) is 0 Å². The highest BCUT2D eigenvalue weighted by Crippen LogP contribution is 2.05. The zero-order valence-electron chi connectivity index (χ0n) is 12.4. The maximum atomic E-state index is 3.80. The Balaban J connectivity index is 2.61. The van der Waals surface area contributed by atoms with E-state index in [2.05, 4.69) is 72.9 Å². The molecular formula is C17H25NSi. The van der Waals surface area contributed by atoms with Crippen molar-refractivity contribution in [2.45, 2.75) is 32.6 Å². The second-order valence-corrected chi connectivity index (χ2v) is 10.6. The summed E-state index contributed by atoms with van der Waals surface area (Å²) in [4.78, 5) is 2.39. The van der Waals surface area contributed by atoms with E-state index in [1.807, 2.05) is 6.08 Å². The lowest BCUT2D eigenvalue weighted by molar-refractivity contribution is 0.305. The Hall–Kier alpha value is -1.30. The van der Waals surface area contributed by atoms with Crippen molar-refractivity contribution in [3.8, 4) is 11.5 Å². The van der Waals surface area contributed by atoms with Gasteiger partial charge < -0.3 is 0 Å². The molecule has 2 heteroatoms. The quantitative estimate of drug-likeness (QED) is 0.430. The first kappa shape index (κ1) is 15.8. The molecule has 0 fully saturated rings. The molecule has 0 aliphatic heterocycles. The van der Waals surface area contributed by atoms with Gasteiger partial charge in [0, 0.05) is 13.1 Å². The summed E-state index contributed by atoms with van der Waals surface area (Å²) >= 11 is 0. The van der Waals surface area contributed by atoms with Crippen LogP contribution < -0.4 is 0 Å². The van der Waals surface area contributed by atoms with Crippen LogP contribution in [0.5, 0.6) is 0 Å². The Kier molecular flexibility index (Phi) is 6.62. The van der Waals surface area contributed by atoms with Crippen LogP contribution in [0.1, 0.15) is 12.0 Å². The van der Waals surface area contributed by atoms with Crippen LogP contribution >= 0.6 is 0 Å². The Labute approximate surface area is 119 Å². The molecule has 0 radical (unpaired) electrons. The van der Waals surface area contributed by atoms with E-state index >= 15 is 0 Å². The average Bonchev–Trinajstić information content (AvgIpc) is 2.35. The summed E-state index contributed by atoms with van der Waals surface area (Å²) < 4.78 is 0. The van der Waals surface area contributed by atoms with Crippen molar-refractivity contribution in [1.82, 2.24) is 4.90 Å². The third-order valence-corrected chi connectivity index (χ3v) is 3.59. The van der Waals surface area contributed by atoms with Crippen LogP contribution in [0.2, 0.25) is 19.6 Å².